The molecule has 0 spiro atoms. The number of hydrogen-bond acceptors (Lipinski definition) is 4. The van der Waals surface area contributed by atoms with Gasteiger partial charge in [-0.15, -0.1) is 0 Å². The number of nitrogens with zero attached hydrogens (tertiary/aromatic N) is 3. The maximum absolute atomic E-state index is 12.6. The minimum absolute atomic E-state index is 0.0704. The Hall–Kier alpha value is -2.44. The molecule has 6 heteroatoms. The monoisotopic (exact) mass is 337 g/mol. The highest BCUT2D eigenvalue weighted by atomic mass is 16.2. The Morgan fingerprint density at radius 2 is 2.12 bits per heavy atom. The van der Waals surface area contributed by atoms with Gasteiger partial charge in [-0.25, -0.2) is 5.43 Å². The number of aryl methyl sites for hydroxylation is 1. The molecule has 2 fully saturated rings. The van der Waals surface area contributed by atoms with Crippen molar-refractivity contribution < 1.29 is 4.79 Å². The van der Waals surface area contributed by atoms with Crippen LogP contribution in [0.1, 0.15) is 23.6 Å². The number of benzene rings is 1. The first-order chi connectivity index (χ1) is 12.2. The average molecular weight is 337 g/mol. The van der Waals surface area contributed by atoms with Gasteiger partial charge in [0, 0.05) is 49.9 Å². The van der Waals surface area contributed by atoms with Crippen molar-refractivity contribution >= 4 is 12.0 Å². The summed E-state index contributed by atoms with van der Waals surface area (Å²) in [5.41, 5.74) is 9.04. The summed E-state index contributed by atoms with van der Waals surface area (Å²) in [6.45, 7) is 1.55. The predicted molar refractivity (Wildman–Crippen MR) is 96.2 cm³/mol. The molecule has 4 rings (SSSR count). The van der Waals surface area contributed by atoms with Crippen LogP contribution in [0.4, 0.5) is 0 Å². The Morgan fingerprint density at radius 3 is 2.88 bits per heavy atom. The summed E-state index contributed by atoms with van der Waals surface area (Å²) < 4.78 is 1.73. The van der Waals surface area contributed by atoms with E-state index in [0.717, 1.165) is 25.1 Å². The number of nitrogens with one attached hydrogen (secondary N) is 2. The Morgan fingerprint density at radius 1 is 1.28 bits per heavy atom. The van der Waals surface area contributed by atoms with E-state index in [4.69, 9.17) is 0 Å². The Kier molecular flexibility index (Phi) is 4.38. The van der Waals surface area contributed by atoms with Gasteiger partial charge < -0.3 is 4.90 Å². The molecule has 130 valence electrons. The molecule has 0 radical (unpaired) electrons. The third-order valence-electron chi connectivity index (χ3n) is 5.12. The molecule has 2 aromatic rings. The molecule has 2 aliphatic rings. The molecular weight excluding hydrogens is 314 g/mol. The number of hydrazine groups is 1. The van der Waals surface area contributed by atoms with Gasteiger partial charge in [-0.1, -0.05) is 30.3 Å². The van der Waals surface area contributed by atoms with Gasteiger partial charge in [-0.05, 0) is 18.1 Å². The van der Waals surface area contributed by atoms with Crippen LogP contribution in [-0.4, -0.2) is 39.7 Å². The van der Waals surface area contributed by atoms with Crippen LogP contribution in [0.15, 0.2) is 48.8 Å². The molecule has 25 heavy (non-hydrogen) atoms. The van der Waals surface area contributed by atoms with E-state index in [2.05, 4.69) is 40.2 Å². The fraction of sp³-hybridized carbons (Fsp3) is 0.368. The molecule has 0 aliphatic carbocycles. The molecule has 1 aromatic carbocycles. The molecule has 0 saturated carbocycles. The van der Waals surface area contributed by atoms with Crippen LogP contribution in [0.25, 0.3) is 6.08 Å². The summed E-state index contributed by atoms with van der Waals surface area (Å²) in [4.78, 5) is 14.5. The second-order valence-electron chi connectivity index (χ2n) is 6.80. The number of rotatable bonds is 3. The van der Waals surface area contributed by atoms with E-state index in [1.165, 1.54) is 5.56 Å². The van der Waals surface area contributed by atoms with E-state index in [1.807, 2.05) is 30.3 Å². The second-order valence-corrected chi connectivity index (χ2v) is 6.80. The smallest absolute Gasteiger partial charge is 0.246 e. The van der Waals surface area contributed by atoms with Gasteiger partial charge in [-0.3, -0.25) is 14.9 Å². The highest BCUT2D eigenvalue weighted by Crippen LogP contribution is 2.33. The summed E-state index contributed by atoms with van der Waals surface area (Å²) in [6.07, 6.45) is 8.11. The summed E-state index contributed by atoms with van der Waals surface area (Å²) >= 11 is 0. The largest absolute Gasteiger partial charge is 0.339 e. The van der Waals surface area contributed by atoms with E-state index < -0.39 is 0 Å². The van der Waals surface area contributed by atoms with Gasteiger partial charge in [0.15, 0.2) is 0 Å². The van der Waals surface area contributed by atoms with Crippen molar-refractivity contribution in [3.63, 3.8) is 0 Å². The van der Waals surface area contributed by atoms with Gasteiger partial charge in [0.1, 0.15) is 0 Å². The topological polar surface area (TPSA) is 62.2 Å². The van der Waals surface area contributed by atoms with Crippen molar-refractivity contribution in [1.29, 1.82) is 0 Å². The molecular formula is C19H23N5O. The zero-order valence-electron chi connectivity index (χ0n) is 14.3. The zero-order chi connectivity index (χ0) is 17.2. The second kappa shape index (κ2) is 6.82. The van der Waals surface area contributed by atoms with Crippen LogP contribution in [0.3, 0.4) is 0 Å². The lowest BCUT2D eigenvalue weighted by Crippen LogP contribution is -2.47. The molecule has 3 unspecified atom stereocenters. The van der Waals surface area contributed by atoms with Crippen molar-refractivity contribution in [2.75, 3.05) is 13.1 Å². The first-order valence-corrected chi connectivity index (χ1v) is 8.72. The standard InChI is InChI=1S/C19H23N5O/c1-23-12-14(11-20-23)7-8-18(25)24-10-9-17-16(13-24)19(22-21-17)15-5-3-2-4-6-15/h2-8,11-12,16-17,19,21-22H,9-10,13H2,1H3/b8-7+. The van der Waals surface area contributed by atoms with Crippen molar-refractivity contribution in [2.45, 2.75) is 18.5 Å². The highest BCUT2D eigenvalue weighted by Gasteiger charge is 2.41. The molecule has 2 N–H and O–H groups in total. The fourth-order valence-electron chi connectivity index (χ4n) is 3.79. The number of hydrogen-bond donors (Lipinski definition) is 2. The minimum Gasteiger partial charge on any atom is -0.339 e. The lowest BCUT2D eigenvalue weighted by molar-refractivity contribution is -0.127. The van der Waals surface area contributed by atoms with Crippen LogP contribution in [0.2, 0.25) is 0 Å². The van der Waals surface area contributed by atoms with Crippen LogP contribution < -0.4 is 10.9 Å². The molecule has 3 atom stereocenters. The van der Waals surface area contributed by atoms with E-state index in [-0.39, 0.29) is 11.9 Å². The van der Waals surface area contributed by atoms with Crippen LogP contribution in [0, 0.1) is 5.92 Å². The first-order valence-electron chi connectivity index (χ1n) is 8.72. The third-order valence-corrected chi connectivity index (χ3v) is 5.12. The van der Waals surface area contributed by atoms with Gasteiger partial charge >= 0.3 is 0 Å². The maximum atomic E-state index is 12.6. The van der Waals surface area contributed by atoms with E-state index >= 15 is 0 Å². The molecule has 1 aromatic heterocycles. The lowest BCUT2D eigenvalue weighted by Gasteiger charge is -2.35. The Labute approximate surface area is 147 Å². The Balaban J connectivity index is 1.44. The average Bonchev–Trinajstić information content (AvgIpc) is 3.26. The minimum atomic E-state index is 0.0704. The third kappa shape index (κ3) is 3.36. The number of aromatic nitrogens is 2. The molecule has 2 aliphatic heterocycles. The lowest BCUT2D eigenvalue weighted by atomic mass is 9.85. The van der Waals surface area contributed by atoms with Crippen molar-refractivity contribution in [2.24, 2.45) is 13.0 Å². The van der Waals surface area contributed by atoms with Gasteiger partial charge in [0.05, 0.1) is 12.2 Å². The number of amides is 1. The van der Waals surface area contributed by atoms with Crippen LogP contribution in [-0.2, 0) is 11.8 Å². The summed E-state index contributed by atoms with van der Waals surface area (Å²) in [7, 11) is 1.87. The predicted octanol–water partition coefficient (Wildman–Crippen LogP) is 1.50. The number of fused-ring (bicyclic) bond motifs is 1. The number of likely N-dealkylation sites (tertiary alicyclic amines) is 1. The van der Waals surface area contributed by atoms with Crippen LogP contribution >= 0.6 is 0 Å². The fourth-order valence-corrected chi connectivity index (χ4v) is 3.79. The molecule has 6 nitrogen and oxygen atoms in total. The molecule has 0 bridgehead atoms. The number of piperidine rings is 1. The SMILES string of the molecule is Cn1cc(/C=C/C(=O)N2CCC3NNC(c4ccccc4)C3C2)cn1. The van der Waals surface area contributed by atoms with Crippen molar-refractivity contribution in [1.82, 2.24) is 25.5 Å². The summed E-state index contributed by atoms with van der Waals surface area (Å²) in [5, 5.41) is 4.12. The van der Waals surface area contributed by atoms with Gasteiger partial charge in [0.25, 0.3) is 0 Å². The first kappa shape index (κ1) is 16.1. The van der Waals surface area contributed by atoms with E-state index in [9.17, 15) is 4.79 Å². The summed E-state index contributed by atoms with van der Waals surface area (Å²) in [6, 6.07) is 11.1. The van der Waals surface area contributed by atoms with Crippen molar-refractivity contribution in [3.05, 3.63) is 59.9 Å². The number of carbonyl (C=O) groups is 1. The summed E-state index contributed by atoms with van der Waals surface area (Å²) in [5.74, 6) is 0.452. The van der Waals surface area contributed by atoms with E-state index in [1.54, 1.807) is 17.0 Å². The van der Waals surface area contributed by atoms with Crippen LogP contribution in [0.5, 0.6) is 0 Å². The normalized spacial score (nSPS) is 26.1. The quantitative estimate of drug-likeness (QED) is 0.833. The molecule has 1 amide bonds. The van der Waals surface area contributed by atoms with Gasteiger partial charge in [-0.2, -0.15) is 5.10 Å². The van der Waals surface area contributed by atoms with Gasteiger partial charge in [0.2, 0.25) is 5.91 Å². The zero-order valence-corrected chi connectivity index (χ0v) is 14.3. The van der Waals surface area contributed by atoms with Crippen molar-refractivity contribution in [3.8, 4) is 0 Å². The van der Waals surface area contributed by atoms with E-state index in [0.29, 0.717) is 12.0 Å². The molecule has 3 heterocycles. The Bertz CT molecular complexity index is 769. The molecule has 2 saturated heterocycles. The maximum Gasteiger partial charge on any atom is 0.246 e. The highest BCUT2D eigenvalue weighted by molar-refractivity contribution is 5.91. The number of carbonyl (C=O) groups excluding carboxylic acids is 1.